The van der Waals surface area contributed by atoms with E-state index in [1.54, 1.807) is 29.3 Å². The minimum Gasteiger partial charge on any atom is -0.361 e. The molecule has 1 saturated heterocycles. The molecule has 7 nitrogen and oxygen atoms in total. The van der Waals surface area contributed by atoms with Crippen LogP contribution in [0, 0.1) is 0 Å². The van der Waals surface area contributed by atoms with Gasteiger partial charge in [-0.3, -0.25) is 14.6 Å². The van der Waals surface area contributed by atoms with E-state index in [0.717, 1.165) is 18.5 Å². The molecule has 3 aromatic heterocycles. The summed E-state index contributed by atoms with van der Waals surface area (Å²) in [6.07, 6.45) is 4.17. The van der Waals surface area contributed by atoms with Crippen LogP contribution >= 0.6 is 0 Å². The number of pyridine rings is 2. The fourth-order valence-electron chi connectivity index (χ4n) is 3.48. The Morgan fingerprint density at radius 3 is 3.12 bits per heavy atom. The Hall–Kier alpha value is -2.96. The van der Waals surface area contributed by atoms with E-state index in [0.29, 0.717) is 41.9 Å². The standard InChI is InChI=1S/C19H20N4O3/c1-2-13-9-17(22-26-13)19(25)23-8-4-5-12(11-23)15-10-16-14(18(24)21-15)6-3-7-20-16/h3,6-7,9-10,12H,2,4-5,8,11H2,1H3,(H,21,24)/t12-/m1/s1. The van der Waals surface area contributed by atoms with Gasteiger partial charge in [0.05, 0.1) is 10.9 Å². The normalized spacial score (nSPS) is 17.6. The molecule has 1 atom stereocenters. The number of piperidine rings is 1. The highest BCUT2D eigenvalue weighted by Gasteiger charge is 2.28. The SMILES string of the molecule is CCc1cc(C(=O)N2CCC[C@@H](c3cc4ncccc4c(=O)[nH]3)C2)no1. The molecule has 0 aromatic carbocycles. The van der Waals surface area contributed by atoms with E-state index in [1.165, 1.54) is 0 Å². The van der Waals surface area contributed by atoms with Crippen LogP contribution in [-0.4, -0.2) is 39.0 Å². The molecule has 1 fully saturated rings. The van der Waals surface area contributed by atoms with Crippen molar-refractivity contribution in [1.29, 1.82) is 0 Å². The second kappa shape index (κ2) is 6.74. The van der Waals surface area contributed by atoms with Gasteiger partial charge in [-0.15, -0.1) is 0 Å². The van der Waals surface area contributed by atoms with Crippen molar-refractivity contribution in [3.63, 3.8) is 0 Å². The topological polar surface area (TPSA) is 92.1 Å². The highest BCUT2D eigenvalue weighted by atomic mass is 16.5. The molecular formula is C19H20N4O3. The minimum atomic E-state index is -0.141. The third-order valence-corrected chi connectivity index (χ3v) is 4.91. The zero-order chi connectivity index (χ0) is 18.1. The molecule has 0 bridgehead atoms. The third kappa shape index (κ3) is 3.00. The van der Waals surface area contributed by atoms with Gasteiger partial charge in [0.25, 0.3) is 11.5 Å². The summed E-state index contributed by atoms with van der Waals surface area (Å²) in [4.78, 5) is 34.1. The zero-order valence-corrected chi connectivity index (χ0v) is 14.6. The van der Waals surface area contributed by atoms with E-state index in [2.05, 4.69) is 15.1 Å². The first-order chi connectivity index (χ1) is 12.7. The lowest BCUT2D eigenvalue weighted by Gasteiger charge is -2.32. The number of nitrogens with one attached hydrogen (secondary N) is 1. The molecule has 1 aliphatic rings. The van der Waals surface area contributed by atoms with Crippen molar-refractivity contribution < 1.29 is 9.32 Å². The van der Waals surface area contributed by atoms with Gasteiger partial charge in [0.15, 0.2) is 5.69 Å². The van der Waals surface area contributed by atoms with Crippen LogP contribution < -0.4 is 5.56 Å². The number of H-pyrrole nitrogens is 1. The lowest BCUT2D eigenvalue weighted by molar-refractivity contribution is 0.0695. The lowest BCUT2D eigenvalue weighted by Crippen LogP contribution is -2.39. The lowest BCUT2D eigenvalue weighted by atomic mass is 9.93. The van der Waals surface area contributed by atoms with Crippen LogP contribution in [0.2, 0.25) is 0 Å². The molecule has 1 amide bonds. The Morgan fingerprint density at radius 1 is 1.42 bits per heavy atom. The number of hydrogen-bond donors (Lipinski definition) is 1. The quantitative estimate of drug-likeness (QED) is 0.782. The number of amides is 1. The van der Waals surface area contributed by atoms with Crippen LogP contribution in [0.1, 0.15) is 47.6 Å². The molecule has 0 saturated carbocycles. The predicted molar refractivity (Wildman–Crippen MR) is 96.1 cm³/mol. The van der Waals surface area contributed by atoms with E-state index < -0.39 is 0 Å². The van der Waals surface area contributed by atoms with E-state index >= 15 is 0 Å². The second-order valence-corrected chi connectivity index (χ2v) is 6.61. The Morgan fingerprint density at radius 2 is 2.31 bits per heavy atom. The van der Waals surface area contributed by atoms with Crippen molar-refractivity contribution in [2.45, 2.75) is 32.1 Å². The first-order valence-corrected chi connectivity index (χ1v) is 8.88. The number of nitrogens with zero attached hydrogens (tertiary/aromatic N) is 3. The number of rotatable bonds is 3. The molecule has 4 rings (SSSR count). The van der Waals surface area contributed by atoms with E-state index in [9.17, 15) is 9.59 Å². The second-order valence-electron chi connectivity index (χ2n) is 6.61. The summed E-state index contributed by atoms with van der Waals surface area (Å²) in [6, 6.07) is 7.13. The molecule has 0 radical (unpaired) electrons. The first-order valence-electron chi connectivity index (χ1n) is 8.88. The minimum absolute atomic E-state index is 0.0735. The maximum atomic E-state index is 12.7. The number of likely N-dealkylation sites (tertiary alicyclic amines) is 1. The number of hydrogen-bond acceptors (Lipinski definition) is 5. The predicted octanol–water partition coefficient (Wildman–Crippen LogP) is 2.49. The fourth-order valence-corrected chi connectivity index (χ4v) is 3.48. The van der Waals surface area contributed by atoms with E-state index in [4.69, 9.17) is 4.52 Å². The molecule has 26 heavy (non-hydrogen) atoms. The first kappa shape index (κ1) is 16.5. The Balaban J connectivity index is 1.58. The number of aryl methyl sites for hydroxylation is 1. The summed E-state index contributed by atoms with van der Waals surface area (Å²) in [6.45, 7) is 3.18. The Bertz CT molecular complexity index is 1010. The van der Waals surface area contributed by atoms with E-state index in [1.807, 2.05) is 13.0 Å². The van der Waals surface area contributed by atoms with Gasteiger partial charge >= 0.3 is 0 Å². The molecule has 1 aliphatic heterocycles. The molecule has 0 unspecified atom stereocenters. The van der Waals surface area contributed by atoms with Gasteiger partial charge in [0.1, 0.15) is 5.76 Å². The van der Waals surface area contributed by atoms with Crippen molar-refractivity contribution in [3.8, 4) is 0 Å². The average Bonchev–Trinajstić information content (AvgIpc) is 3.17. The molecule has 3 aromatic rings. The highest BCUT2D eigenvalue weighted by molar-refractivity contribution is 5.92. The third-order valence-electron chi connectivity index (χ3n) is 4.91. The largest absolute Gasteiger partial charge is 0.361 e. The van der Waals surface area contributed by atoms with Crippen LogP contribution in [0.5, 0.6) is 0 Å². The van der Waals surface area contributed by atoms with Gasteiger partial charge in [-0.1, -0.05) is 12.1 Å². The monoisotopic (exact) mass is 352 g/mol. The van der Waals surface area contributed by atoms with Crippen molar-refractivity contribution >= 4 is 16.8 Å². The Labute approximate surface area is 150 Å². The van der Waals surface area contributed by atoms with Crippen LogP contribution in [0.25, 0.3) is 10.9 Å². The summed E-state index contributed by atoms with van der Waals surface area (Å²) in [5, 5.41) is 4.46. The fraction of sp³-hybridized carbons (Fsp3) is 0.368. The van der Waals surface area contributed by atoms with Gasteiger partial charge < -0.3 is 14.4 Å². The Kier molecular flexibility index (Phi) is 4.28. The van der Waals surface area contributed by atoms with Crippen LogP contribution in [0.3, 0.4) is 0 Å². The zero-order valence-electron chi connectivity index (χ0n) is 14.6. The van der Waals surface area contributed by atoms with Gasteiger partial charge in [-0.25, -0.2) is 0 Å². The van der Waals surface area contributed by atoms with Gasteiger partial charge in [0.2, 0.25) is 0 Å². The smallest absolute Gasteiger partial charge is 0.276 e. The summed E-state index contributed by atoms with van der Waals surface area (Å²) < 4.78 is 5.15. The molecule has 7 heteroatoms. The molecule has 0 spiro atoms. The van der Waals surface area contributed by atoms with Crippen LogP contribution in [-0.2, 0) is 6.42 Å². The highest BCUT2D eigenvalue weighted by Crippen LogP contribution is 2.27. The van der Waals surface area contributed by atoms with Crippen molar-refractivity contribution in [2.75, 3.05) is 13.1 Å². The van der Waals surface area contributed by atoms with Crippen LogP contribution in [0.15, 0.2) is 39.8 Å². The maximum absolute atomic E-state index is 12.7. The molecule has 4 heterocycles. The number of aromatic nitrogens is 3. The van der Waals surface area contributed by atoms with Gasteiger partial charge in [-0.2, -0.15) is 0 Å². The van der Waals surface area contributed by atoms with E-state index in [-0.39, 0.29) is 17.4 Å². The molecule has 1 N–H and O–H groups in total. The van der Waals surface area contributed by atoms with Gasteiger partial charge in [-0.05, 0) is 31.0 Å². The van der Waals surface area contributed by atoms with Crippen LogP contribution in [0.4, 0.5) is 0 Å². The average molecular weight is 352 g/mol. The summed E-state index contributed by atoms with van der Waals surface area (Å²) in [5.74, 6) is 0.649. The maximum Gasteiger partial charge on any atom is 0.276 e. The van der Waals surface area contributed by atoms with Crippen molar-refractivity contribution in [2.24, 2.45) is 0 Å². The summed E-state index contributed by atoms with van der Waals surface area (Å²) in [7, 11) is 0. The summed E-state index contributed by atoms with van der Waals surface area (Å²) in [5.41, 5.74) is 1.71. The van der Waals surface area contributed by atoms with Crippen molar-refractivity contribution in [3.05, 3.63) is 58.0 Å². The number of carbonyl (C=O) groups is 1. The van der Waals surface area contributed by atoms with Crippen molar-refractivity contribution in [1.82, 2.24) is 20.0 Å². The number of carbonyl (C=O) groups excluding carboxylic acids is 1. The van der Waals surface area contributed by atoms with Gasteiger partial charge in [0, 0.05) is 43.4 Å². The molecular weight excluding hydrogens is 332 g/mol. The number of aromatic amines is 1. The molecule has 134 valence electrons. The molecule has 0 aliphatic carbocycles. The summed E-state index contributed by atoms with van der Waals surface area (Å²) >= 11 is 0. The number of fused-ring (bicyclic) bond motifs is 1.